The van der Waals surface area contributed by atoms with Crippen molar-refractivity contribution < 1.29 is 52.6 Å². The number of phosphoric ester groups is 1. The molecule has 7 atom stereocenters. The van der Waals surface area contributed by atoms with Gasteiger partial charge in [0.2, 0.25) is 0 Å². The van der Waals surface area contributed by atoms with E-state index >= 15 is 0 Å². The van der Waals surface area contributed by atoms with Gasteiger partial charge in [0.05, 0.1) is 52.3 Å². The molecule has 1 fully saturated rings. The highest BCUT2D eigenvalue weighted by atomic mass is 31.2. The van der Waals surface area contributed by atoms with Crippen molar-refractivity contribution in [1.82, 2.24) is 0 Å². The zero-order valence-corrected chi connectivity index (χ0v) is 36.8. The third-order valence-corrected chi connectivity index (χ3v) is 11.3. The zero-order valence-electron chi connectivity index (χ0n) is 35.9. The molecule has 328 valence electrons. The summed E-state index contributed by atoms with van der Waals surface area (Å²) in [5.41, 5.74) is 0. The lowest BCUT2D eigenvalue weighted by Gasteiger charge is -2.28. The number of allylic oxidation sites excluding steroid dienone is 3. The Morgan fingerprint density at radius 2 is 1.41 bits per heavy atom. The smallest absolute Gasteiger partial charge is 0.305 e. The summed E-state index contributed by atoms with van der Waals surface area (Å²) >= 11 is 0. The molecular formula is C44H82NO10P. The van der Waals surface area contributed by atoms with Crippen molar-refractivity contribution in [3.63, 3.8) is 0 Å². The molecule has 0 aromatic heterocycles. The van der Waals surface area contributed by atoms with Gasteiger partial charge in [0, 0.05) is 18.8 Å². The normalized spacial score (nSPS) is 21.3. The van der Waals surface area contributed by atoms with Crippen molar-refractivity contribution in [2.45, 2.75) is 180 Å². The Hall–Kier alpha value is -1.56. The predicted molar refractivity (Wildman–Crippen MR) is 224 cm³/mol. The van der Waals surface area contributed by atoms with E-state index in [0.29, 0.717) is 43.1 Å². The Morgan fingerprint density at radius 1 is 0.804 bits per heavy atom. The minimum absolute atomic E-state index is 0.0116. The van der Waals surface area contributed by atoms with Crippen LogP contribution in [0.4, 0.5) is 0 Å². The number of esters is 1. The number of likely N-dealkylation sites (N-methyl/N-ethyl adjacent to an activating group) is 1. The van der Waals surface area contributed by atoms with Crippen LogP contribution < -0.4 is 4.89 Å². The number of quaternary nitrogens is 1. The Balaban J connectivity index is 2.48. The Morgan fingerprint density at radius 3 is 2.05 bits per heavy atom. The van der Waals surface area contributed by atoms with Crippen LogP contribution in [0.5, 0.6) is 0 Å². The highest BCUT2D eigenvalue weighted by molar-refractivity contribution is 7.45. The molecule has 0 spiro atoms. The number of hydrogen-bond acceptors (Lipinski definition) is 10. The minimum atomic E-state index is -4.57. The van der Waals surface area contributed by atoms with Crippen LogP contribution >= 0.6 is 7.82 Å². The molecular weight excluding hydrogens is 733 g/mol. The van der Waals surface area contributed by atoms with Crippen LogP contribution in [-0.2, 0) is 27.9 Å². The van der Waals surface area contributed by atoms with E-state index < -0.39 is 38.2 Å². The Kier molecular flexibility index (Phi) is 30.3. The van der Waals surface area contributed by atoms with Gasteiger partial charge in [-0.3, -0.25) is 9.36 Å². The summed E-state index contributed by atoms with van der Waals surface area (Å²) in [6, 6.07) is 0. The molecule has 0 aliphatic heterocycles. The molecule has 0 aromatic carbocycles. The molecule has 0 bridgehead atoms. The van der Waals surface area contributed by atoms with Crippen molar-refractivity contribution in [2.75, 3.05) is 47.5 Å². The van der Waals surface area contributed by atoms with E-state index in [1.54, 1.807) is 6.08 Å². The third kappa shape index (κ3) is 28.8. The number of aliphatic hydroxyl groups is 3. The first-order valence-electron chi connectivity index (χ1n) is 22.0. The number of unbranched alkanes of at least 4 members (excludes halogenated alkanes) is 15. The molecule has 0 amide bonds. The number of ether oxygens (including phenoxy) is 2. The van der Waals surface area contributed by atoms with Crippen LogP contribution in [-0.4, -0.2) is 97.7 Å². The number of carbonyl (C=O) groups excluding carboxylic acids is 1. The third-order valence-electron chi connectivity index (χ3n) is 10.4. The SMILES string of the molecule is CCCCCCCCCCCCCC/C=C/O[C@H](COC(=O)CCC/C=C/C[C@@H]1[C@@H](/C=C/[C@@H](O)CCCCC)[C@H](O)C[C@@H]1O)COP(=O)([O-])OCC[N+](C)(C)C. The predicted octanol–water partition coefficient (Wildman–Crippen LogP) is 8.70. The quantitative estimate of drug-likeness (QED) is 0.0140. The van der Waals surface area contributed by atoms with E-state index in [0.717, 1.165) is 38.5 Å². The van der Waals surface area contributed by atoms with Crippen molar-refractivity contribution >= 4 is 13.8 Å². The monoisotopic (exact) mass is 816 g/mol. The molecule has 56 heavy (non-hydrogen) atoms. The second-order valence-electron chi connectivity index (χ2n) is 16.7. The largest absolute Gasteiger partial charge is 0.756 e. The van der Waals surface area contributed by atoms with E-state index in [9.17, 15) is 29.6 Å². The van der Waals surface area contributed by atoms with Gasteiger partial charge in [0.15, 0.2) is 6.10 Å². The van der Waals surface area contributed by atoms with Crippen LogP contribution in [0.25, 0.3) is 0 Å². The van der Waals surface area contributed by atoms with Crippen molar-refractivity contribution in [1.29, 1.82) is 0 Å². The highest BCUT2D eigenvalue weighted by Gasteiger charge is 2.39. The maximum Gasteiger partial charge on any atom is 0.305 e. The van der Waals surface area contributed by atoms with Crippen molar-refractivity contribution in [3.8, 4) is 0 Å². The van der Waals surface area contributed by atoms with Gasteiger partial charge in [0.1, 0.15) is 19.8 Å². The van der Waals surface area contributed by atoms with E-state index in [1.165, 1.54) is 70.5 Å². The molecule has 0 radical (unpaired) electrons. The topological polar surface area (TPSA) is 155 Å². The summed E-state index contributed by atoms with van der Waals surface area (Å²) in [6.45, 7) is 4.33. The van der Waals surface area contributed by atoms with E-state index in [1.807, 2.05) is 45.4 Å². The fourth-order valence-corrected chi connectivity index (χ4v) is 7.49. The molecule has 1 saturated carbocycles. The standard InChI is InChI=1S/C44H82NO10P/c1-6-8-10-11-12-13-14-15-16-17-18-19-22-26-33-52-39(37-55-56(50,51)54-34-32-45(3,4)5)36-53-44(49)29-25-21-20-24-28-40-41(43(48)35-42(40)47)31-30-38(46)27-23-9-7-2/h20,24,26,30-31,33,38-43,46-48H,6-19,21-23,25,27-29,32,34-37H2,1-5H3/b24-20+,31-30+,33-26+/t38-,39+,40+,41+,42-,43+/m0/s1. The van der Waals surface area contributed by atoms with Gasteiger partial charge < -0.3 is 43.2 Å². The summed E-state index contributed by atoms with van der Waals surface area (Å²) in [5.74, 6) is -0.789. The summed E-state index contributed by atoms with van der Waals surface area (Å²) in [7, 11) is 1.23. The van der Waals surface area contributed by atoms with Gasteiger partial charge in [0.25, 0.3) is 7.82 Å². The van der Waals surface area contributed by atoms with Gasteiger partial charge in [-0.1, -0.05) is 128 Å². The highest BCUT2D eigenvalue weighted by Crippen LogP contribution is 2.38. The lowest BCUT2D eigenvalue weighted by molar-refractivity contribution is -0.870. The molecule has 3 N–H and O–H groups in total. The van der Waals surface area contributed by atoms with Crippen molar-refractivity contribution in [3.05, 3.63) is 36.6 Å². The molecule has 1 rings (SSSR count). The Labute approximate surface area is 341 Å². The molecule has 12 heteroatoms. The van der Waals surface area contributed by atoms with Gasteiger partial charge in [-0.15, -0.1) is 0 Å². The Bertz CT molecular complexity index is 1110. The molecule has 0 saturated heterocycles. The summed E-state index contributed by atoms with van der Waals surface area (Å²) in [5, 5.41) is 31.3. The average molecular weight is 816 g/mol. The number of hydrogen-bond donors (Lipinski definition) is 3. The van der Waals surface area contributed by atoms with Gasteiger partial charge in [-0.2, -0.15) is 0 Å². The van der Waals surface area contributed by atoms with Gasteiger partial charge in [-0.05, 0) is 50.5 Å². The van der Waals surface area contributed by atoms with E-state index in [-0.39, 0.29) is 38.1 Å². The molecule has 1 aliphatic carbocycles. The maximum atomic E-state index is 12.6. The van der Waals surface area contributed by atoms with E-state index in [4.69, 9.17) is 18.5 Å². The first kappa shape index (κ1) is 52.5. The maximum absolute atomic E-state index is 12.6. The number of rotatable bonds is 36. The first-order valence-corrected chi connectivity index (χ1v) is 23.5. The second kappa shape index (κ2) is 32.3. The van der Waals surface area contributed by atoms with Crippen LogP contribution in [0.15, 0.2) is 36.6 Å². The zero-order chi connectivity index (χ0) is 41.5. The first-order chi connectivity index (χ1) is 26.8. The van der Waals surface area contributed by atoms with Gasteiger partial charge in [-0.25, -0.2) is 0 Å². The number of nitrogens with zero attached hydrogens (tertiary/aromatic N) is 1. The summed E-state index contributed by atoms with van der Waals surface area (Å²) in [6.07, 6.45) is 30.6. The number of carbonyl (C=O) groups is 1. The average Bonchev–Trinajstić information content (AvgIpc) is 3.41. The lowest BCUT2D eigenvalue weighted by Crippen LogP contribution is -2.37. The number of phosphoric acid groups is 1. The van der Waals surface area contributed by atoms with Gasteiger partial charge >= 0.3 is 5.97 Å². The molecule has 0 aromatic rings. The molecule has 1 aliphatic rings. The fraction of sp³-hybridized carbons (Fsp3) is 0.841. The minimum Gasteiger partial charge on any atom is -0.756 e. The molecule has 0 heterocycles. The second-order valence-corrected chi connectivity index (χ2v) is 18.2. The van der Waals surface area contributed by atoms with Crippen LogP contribution in [0, 0.1) is 11.8 Å². The number of aliphatic hydroxyl groups excluding tert-OH is 3. The summed E-state index contributed by atoms with van der Waals surface area (Å²) < 4.78 is 34.3. The van der Waals surface area contributed by atoms with Crippen LogP contribution in [0.1, 0.15) is 155 Å². The molecule has 1 unspecified atom stereocenters. The molecule has 11 nitrogen and oxygen atoms in total. The van der Waals surface area contributed by atoms with Crippen LogP contribution in [0.3, 0.4) is 0 Å². The van der Waals surface area contributed by atoms with E-state index in [2.05, 4.69) is 13.8 Å². The summed E-state index contributed by atoms with van der Waals surface area (Å²) in [4.78, 5) is 25.0. The van der Waals surface area contributed by atoms with Crippen LogP contribution in [0.2, 0.25) is 0 Å². The fourth-order valence-electron chi connectivity index (χ4n) is 6.76. The van der Waals surface area contributed by atoms with Crippen molar-refractivity contribution in [2.24, 2.45) is 11.8 Å². The lowest BCUT2D eigenvalue weighted by atomic mass is 9.89.